The number of hydrogen-bond donors (Lipinski definition) is 1. The number of aromatic nitrogens is 3. The normalized spacial score (nSPS) is 10.6. The van der Waals surface area contributed by atoms with Gasteiger partial charge >= 0.3 is 6.03 Å². The molecule has 0 radical (unpaired) electrons. The van der Waals surface area contributed by atoms with E-state index in [0.717, 1.165) is 16.9 Å². The van der Waals surface area contributed by atoms with E-state index in [1.165, 1.54) is 0 Å². The largest absolute Gasteiger partial charge is 0.334 e. The fourth-order valence-electron chi connectivity index (χ4n) is 2.35. The molecule has 6 nitrogen and oxygen atoms in total. The second kappa shape index (κ2) is 8.21. The standard InChI is InChI=1S/C18H17Cl2N5O/c1-24(12-14-4-5-15(19)9-16(14)20)18(26)22-11-13-3-6-17(21-10-13)25-8-2-7-23-25/h2-10H,11-12H2,1H3,(H,22,26). The van der Waals surface area contributed by atoms with Gasteiger partial charge in [0.05, 0.1) is 0 Å². The first-order chi connectivity index (χ1) is 12.5. The number of nitrogens with one attached hydrogen (secondary N) is 1. The highest BCUT2D eigenvalue weighted by molar-refractivity contribution is 6.35. The summed E-state index contributed by atoms with van der Waals surface area (Å²) in [5.74, 6) is 0.722. The minimum absolute atomic E-state index is 0.202. The summed E-state index contributed by atoms with van der Waals surface area (Å²) in [7, 11) is 1.71. The van der Waals surface area contributed by atoms with E-state index in [9.17, 15) is 4.79 Å². The Labute approximate surface area is 161 Å². The molecule has 26 heavy (non-hydrogen) atoms. The van der Waals surface area contributed by atoms with Gasteiger partial charge in [-0.15, -0.1) is 0 Å². The van der Waals surface area contributed by atoms with Gasteiger partial charge in [0.2, 0.25) is 0 Å². The zero-order valence-electron chi connectivity index (χ0n) is 14.1. The number of nitrogens with zero attached hydrogens (tertiary/aromatic N) is 4. The predicted octanol–water partition coefficient (Wildman–Crippen LogP) is 3.92. The van der Waals surface area contributed by atoms with Crippen LogP contribution < -0.4 is 5.32 Å². The molecule has 1 aromatic carbocycles. The van der Waals surface area contributed by atoms with Crippen LogP contribution >= 0.6 is 23.2 Å². The van der Waals surface area contributed by atoms with E-state index in [0.29, 0.717) is 23.1 Å². The summed E-state index contributed by atoms with van der Waals surface area (Å²) in [6.07, 6.45) is 5.23. The van der Waals surface area contributed by atoms with Gasteiger partial charge in [-0.3, -0.25) is 0 Å². The minimum atomic E-state index is -0.202. The van der Waals surface area contributed by atoms with Crippen LogP contribution in [-0.2, 0) is 13.1 Å². The average molecular weight is 390 g/mol. The highest BCUT2D eigenvalue weighted by Gasteiger charge is 2.11. The Morgan fingerprint density at radius 2 is 2.12 bits per heavy atom. The van der Waals surface area contributed by atoms with Crippen LogP contribution in [0.4, 0.5) is 4.79 Å². The maximum atomic E-state index is 12.3. The maximum Gasteiger partial charge on any atom is 0.317 e. The molecule has 0 atom stereocenters. The summed E-state index contributed by atoms with van der Waals surface area (Å²) in [6.45, 7) is 0.766. The third kappa shape index (κ3) is 4.53. The minimum Gasteiger partial charge on any atom is -0.334 e. The van der Waals surface area contributed by atoms with Gasteiger partial charge in [0.15, 0.2) is 5.82 Å². The molecular formula is C18H17Cl2N5O. The average Bonchev–Trinajstić information content (AvgIpc) is 3.17. The molecule has 0 fully saturated rings. The van der Waals surface area contributed by atoms with E-state index in [4.69, 9.17) is 23.2 Å². The first-order valence-electron chi connectivity index (χ1n) is 7.91. The van der Waals surface area contributed by atoms with Gasteiger partial charge in [-0.2, -0.15) is 5.10 Å². The quantitative estimate of drug-likeness (QED) is 0.719. The molecule has 0 saturated heterocycles. The molecular weight excluding hydrogens is 373 g/mol. The lowest BCUT2D eigenvalue weighted by atomic mass is 10.2. The zero-order chi connectivity index (χ0) is 18.5. The van der Waals surface area contributed by atoms with Crippen LogP contribution in [0.1, 0.15) is 11.1 Å². The van der Waals surface area contributed by atoms with Gasteiger partial charge in [0.25, 0.3) is 0 Å². The van der Waals surface area contributed by atoms with Crippen molar-refractivity contribution in [3.63, 3.8) is 0 Å². The summed E-state index contributed by atoms with van der Waals surface area (Å²) >= 11 is 12.0. The number of rotatable bonds is 5. The molecule has 0 aliphatic carbocycles. The Hall–Kier alpha value is -2.57. The third-order valence-electron chi connectivity index (χ3n) is 3.76. The molecule has 2 heterocycles. The van der Waals surface area contributed by atoms with Gasteiger partial charge in [0, 0.05) is 48.8 Å². The van der Waals surface area contributed by atoms with Crippen molar-refractivity contribution in [2.24, 2.45) is 0 Å². The van der Waals surface area contributed by atoms with Crippen molar-refractivity contribution in [1.29, 1.82) is 0 Å². The van der Waals surface area contributed by atoms with E-state index in [1.807, 2.05) is 30.5 Å². The molecule has 3 aromatic rings. The fraction of sp³-hybridized carbons (Fsp3) is 0.167. The fourth-order valence-corrected chi connectivity index (χ4v) is 2.82. The lowest BCUT2D eigenvalue weighted by Gasteiger charge is -2.19. The van der Waals surface area contributed by atoms with Crippen molar-refractivity contribution in [2.75, 3.05) is 7.05 Å². The highest BCUT2D eigenvalue weighted by Crippen LogP contribution is 2.22. The van der Waals surface area contributed by atoms with E-state index in [2.05, 4.69) is 15.4 Å². The molecule has 0 bridgehead atoms. The second-order valence-corrected chi connectivity index (χ2v) is 6.57. The Morgan fingerprint density at radius 3 is 2.77 bits per heavy atom. The summed E-state index contributed by atoms with van der Waals surface area (Å²) in [4.78, 5) is 18.2. The molecule has 0 spiro atoms. The topological polar surface area (TPSA) is 63.1 Å². The maximum absolute atomic E-state index is 12.3. The molecule has 0 aliphatic rings. The molecule has 0 unspecified atom stereocenters. The number of halogens is 2. The van der Waals surface area contributed by atoms with E-state index < -0.39 is 0 Å². The van der Waals surface area contributed by atoms with Crippen LogP contribution in [0.3, 0.4) is 0 Å². The van der Waals surface area contributed by atoms with Crippen molar-refractivity contribution < 1.29 is 4.79 Å². The number of carbonyl (C=O) groups is 1. The number of pyridine rings is 1. The van der Waals surface area contributed by atoms with E-state index >= 15 is 0 Å². The monoisotopic (exact) mass is 389 g/mol. The SMILES string of the molecule is CN(Cc1ccc(Cl)cc1Cl)C(=O)NCc1ccc(-n2cccn2)nc1. The van der Waals surface area contributed by atoms with Crippen LogP contribution in [0.5, 0.6) is 0 Å². The van der Waals surface area contributed by atoms with Crippen LogP contribution in [0.15, 0.2) is 55.0 Å². The third-order valence-corrected chi connectivity index (χ3v) is 4.35. The van der Waals surface area contributed by atoms with Gasteiger partial charge in [-0.1, -0.05) is 35.3 Å². The molecule has 8 heteroatoms. The molecule has 0 saturated carbocycles. The van der Waals surface area contributed by atoms with Crippen molar-refractivity contribution >= 4 is 29.2 Å². The van der Waals surface area contributed by atoms with Gasteiger partial charge < -0.3 is 10.2 Å². The van der Waals surface area contributed by atoms with Crippen LogP contribution in [0.25, 0.3) is 5.82 Å². The zero-order valence-corrected chi connectivity index (χ0v) is 15.6. The van der Waals surface area contributed by atoms with Crippen molar-refractivity contribution in [3.05, 3.63) is 76.2 Å². The first-order valence-corrected chi connectivity index (χ1v) is 8.66. The van der Waals surface area contributed by atoms with E-state index in [1.54, 1.807) is 41.2 Å². The summed E-state index contributed by atoms with van der Waals surface area (Å²) in [5.41, 5.74) is 1.73. The molecule has 2 aromatic heterocycles. The van der Waals surface area contributed by atoms with Gasteiger partial charge in [-0.05, 0) is 35.4 Å². The molecule has 134 valence electrons. The van der Waals surface area contributed by atoms with Gasteiger partial charge in [0.1, 0.15) is 0 Å². The molecule has 1 N–H and O–H groups in total. The van der Waals surface area contributed by atoms with Crippen molar-refractivity contribution in [3.8, 4) is 5.82 Å². The Morgan fingerprint density at radius 1 is 1.27 bits per heavy atom. The Balaban J connectivity index is 1.54. The van der Waals surface area contributed by atoms with Crippen molar-refractivity contribution in [1.82, 2.24) is 25.0 Å². The molecule has 2 amide bonds. The predicted molar refractivity (Wildman–Crippen MR) is 102 cm³/mol. The first kappa shape index (κ1) is 18.2. The van der Waals surface area contributed by atoms with Crippen LogP contribution in [0.2, 0.25) is 10.0 Å². The molecule has 0 aliphatic heterocycles. The highest BCUT2D eigenvalue weighted by atomic mass is 35.5. The summed E-state index contributed by atoms with van der Waals surface area (Å²) in [6, 6.07) is 10.6. The summed E-state index contributed by atoms with van der Waals surface area (Å²) in [5, 5.41) is 8.09. The van der Waals surface area contributed by atoms with E-state index in [-0.39, 0.29) is 6.03 Å². The van der Waals surface area contributed by atoms with Crippen LogP contribution in [-0.4, -0.2) is 32.7 Å². The van der Waals surface area contributed by atoms with Crippen molar-refractivity contribution in [2.45, 2.75) is 13.1 Å². The molecule has 3 rings (SSSR count). The smallest absolute Gasteiger partial charge is 0.317 e. The number of benzene rings is 1. The Bertz CT molecular complexity index is 881. The summed E-state index contributed by atoms with van der Waals surface area (Å²) < 4.78 is 1.67. The second-order valence-electron chi connectivity index (χ2n) is 5.73. The van der Waals surface area contributed by atoms with Crippen LogP contribution in [0, 0.1) is 0 Å². The van der Waals surface area contributed by atoms with Gasteiger partial charge in [-0.25, -0.2) is 14.5 Å². The Kier molecular flexibility index (Phi) is 5.75. The lowest BCUT2D eigenvalue weighted by Crippen LogP contribution is -2.36. The lowest BCUT2D eigenvalue weighted by molar-refractivity contribution is 0.206. The number of urea groups is 1. The number of hydrogen-bond acceptors (Lipinski definition) is 3. The number of carbonyl (C=O) groups excluding carboxylic acids is 1. The number of amides is 2.